The molecule has 5 nitrogen and oxygen atoms in total. The Hall–Kier alpha value is -2.50. The quantitative estimate of drug-likeness (QED) is 0.696. The molecule has 3 rings (SSSR count). The molecule has 0 aliphatic rings. The molecule has 0 aliphatic carbocycles. The largest absolute Gasteiger partial charge is 0.392 e. The van der Waals surface area contributed by atoms with Crippen LogP contribution >= 0.6 is 0 Å². The van der Waals surface area contributed by atoms with Crippen LogP contribution < -0.4 is 5.32 Å². The second-order valence-electron chi connectivity index (χ2n) is 6.30. The molecule has 2 N–H and O–H groups in total. The van der Waals surface area contributed by atoms with Gasteiger partial charge in [-0.1, -0.05) is 54.6 Å². The van der Waals surface area contributed by atoms with Gasteiger partial charge in [-0.25, -0.2) is 0 Å². The number of rotatable bonds is 7. The van der Waals surface area contributed by atoms with Crippen molar-refractivity contribution in [2.75, 3.05) is 6.54 Å². The van der Waals surface area contributed by atoms with E-state index < -0.39 is 0 Å². The Bertz CT molecular complexity index is 812. The predicted molar refractivity (Wildman–Crippen MR) is 99.1 cm³/mol. The molecule has 5 heteroatoms. The summed E-state index contributed by atoms with van der Waals surface area (Å²) < 4.78 is 0. The molecule has 3 aromatic rings. The van der Waals surface area contributed by atoms with Gasteiger partial charge in [0, 0.05) is 18.7 Å². The van der Waals surface area contributed by atoms with Crippen LogP contribution in [0.15, 0.2) is 54.6 Å². The van der Waals surface area contributed by atoms with Crippen LogP contribution in [0.2, 0.25) is 0 Å². The van der Waals surface area contributed by atoms with Gasteiger partial charge in [0.25, 0.3) is 0 Å². The van der Waals surface area contributed by atoms with Crippen LogP contribution in [0, 0.1) is 6.92 Å². The first-order valence-corrected chi connectivity index (χ1v) is 8.56. The highest BCUT2D eigenvalue weighted by Crippen LogP contribution is 2.20. The van der Waals surface area contributed by atoms with E-state index in [1.807, 2.05) is 42.5 Å². The van der Waals surface area contributed by atoms with E-state index in [-0.39, 0.29) is 6.10 Å². The minimum Gasteiger partial charge on any atom is -0.392 e. The fraction of sp³-hybridized carbons (Fsp3) is 0.300. The maximum atomic E-state index is 9.44. The molecule has 0 bridgehead atoms. The second kappa shape index (κ2) is 8.05. The SMILES string of the molecule is Cc1ccccc1Cn1nc(CNC[C@H](C)O)c(-c2ccccc2)n1. The summed E-state index contributed by atoms with van der Waals surface area (Å²) in [5.41, 5.74) is 5.26. The fourth-order valence-corrected chi connectivity index (χ4v) is 2.73. The molecule has 0 radical (unpaired) electrons. The molecular weight excluding hydrogens is 312 g/mol. The normalized spacial score (nSPS) is 12.3. The average molecular weight is 336 g/mol. The van der Waals surface area contributed by atoms with Crippen LogP contribution in [-0.4, -0.2) is 32.7 Å². The Balaban J connectivity index is 1.87. The summed E-state index contributed by atoms with van der Waals surface area (Å²) >= 11 is 0. The number of nitrogens with zero attached hydrogens (tertiary/aromatic N) is 3. The molecule has 2 aromatic carbocycles. The number of benzene rings is 2. The highest BCUT2D eigenvalue weighted by atomic mass is 16.3. The molecule has 0 spiro atoms. The zero-order chi connectivity index (χ0) is 17.6. The Morgan fingerprint density at radius 1 is 1.04 bits per heavy atom. The van der Waals surface area contributed by atoms with Gasteiger partial charge in [0.15, 0.2) is 0 Å². The van der Waals surface area contributed by atoms with Gasteiger partial charge in [0.05, 0.1) is 12.6 Å². The summed E-state index contributed by atoms with van der Waals surface area (Å²) in [5.74, 6) is 0. The minimum atomic E-state index is -0.387. The molecule has 0 unspecified atom stereocenters. The molecule has 130 valence electrons. The van der Waals surface area contributed by atoms with Crippen LogP contribution in [0.5, 0.6) is 0 Å². The average Bonchev–Trinajstić information content (AvgIpc) is 3.00. The van der Waals surface area contributed by atoms with E-state index in [2.05, 4.69) is 29.5 Å². The number of hydrogen-bond acceptors (Lipinski definition) is 4. The van der Waals surface area contributed by atoms with E-state index in [1.165, 1.54) is 11.1 Å². The van der Waals surface area contributed by atoms with E-state index in [1.54, 1.807) is 11.7 Å². The van der Waals surface area contributed by atoms with Crippen LogP contribution in [0.25, 0.3) is 11.3 Å². The lowest BCUT2D eigenvalue weighted by Gasteiger charge is -2.06. The highest BCUT2D eigenvalue weighted by Gasteiger charge is 2.13. The van der Waals surface area contributed by atoms with Gasteiger partial charge in [0.2, 0.25) is 0 Å². The first-order valence-electron chi connectivity index (χ1n) is 8.56. The van der Waals surface area contributed by atoms with E-state index in [0.29, 0.717) is 19.6 Å². The zero-order valence-electron chi connectivity index (χ0n) is 14.7. The highest BCUT2D eigenvalue weighted by molar-refractivity contribution is 5.60. The molecule has 0 saturated heterocycles. The summed E-state index contributed by atoms with van der Waals surface area (Å²) in [6.45, 7) is 5.60. The first-order chi connectivity index (χ1) is 12.1. The summed E-state index contributed by atoms with van der Waals surface area (Å²) in [6, 6.07) is 18.4. The van der Waals surface area contributed by atoms with Crippen LogP contribution in [0.3, 0.4) is 0 Å². The Morgan fingerprint density at radius 2 is 1.76 bits per heavy atom. The van der Waals surface area contributed by atoms with Crippen molar-refractivity contribution in [1.29, 1.82) is 0 Å². The molecule has 25 heavy (non-hydrogen) atoms. The molecule has 1 atom stereocenters. The third-order valence-electron chi connectivity index (χ3n) is 4.08. The number of hydrogen-bond donors (Lipinski definition) is 2. The Labute approximate surface area is 148 Å². The van der Waals surface area contributed by atoms with Gasteiger partial charge in [-0.2, -0.15) is 15.0 Å². The van der Waals surface area contributed by atoms with Crippen molar-refractivity contribution in [3.05, 3.63) is 71.4 Å². The molecular formula is C20H24N4O. The van der Waals surface area contributed by atoms with Crippen molar-refractivity contribution in [3.63, 3.8) is 0 Å². The van der Waals surface area contributed by atoms with Crippen LogP contribution in [0.4, 0.5) is 0 Å². The monoisotopic (exact) mass is 336 g/mol. The Kier molecular flexibility index (Phi) is 5.58. The van der Waals surface area contributed by atoms with Crippen molar-refractivity contribution >= 4 is 0 Å². The molecule has 1 heterocycles. The number of aliphatic hydroxyl groups is 1. The summed E-state index contributed by atoms with van der Waals surface area (Å²) in [6.07, 6.45) is -0.387. The third kappa shape index (κ3) is 4.53. The van der Waals surface area contributed by atoms with Crippen molar-refractivity contribution < 1.29 is 5.11 Å². The number of nitrogens with one attached hydrogen (secondary N) is 1. The van der Waals surface area contributed by atoms with Crippen molar-refractivity contribution in [3.8, 4) is 11.3 Å². The Morgan fingerprint density at radius 3 is 2.48 bits per heavy atom. The van der Waals surface area contributed by atoms with Gasteiger partial charge >= 0.3 is 0 Å². The first kappa shape index (κ1) is 17.3. The lowest BCUT2D eigenvalue weighted by molar-refractivity contribution is 0.191. The standard InChI is InChI=1S/C20H24N4O/c1-15-8-6-7-11-18(15)14-24-22-19(13-21-12-16(2)25)20(23-24)17-9-4-3-5-10-17/h3-11,16,21,25H,12-14H2,1-2H3/t16-/m0/s1. The summed E-state index contributed by atoms with van der Waals surface area (Å²) in [4.78, 5) is 1.75. The van der Waals surface area contributed by atoms with Gasteiger partial charge in [0.1, 0.15) is 11.4 Å². The van der Waals surface area contributed by atoms with E-state index in [0.717, 1.165) is 17.0 Å². The molecule has 0 fully saturated rings. The van der Waals surface area contributed by atoms with E-state index in [9.17, 15) is 5.11 Å². The zero-order valence-corrected chi connectivity index (χ0v) is 14.7. The summed E-state index contributed by atoms with van der Waals surface area (Å²) in [5, 5.41) is 22.1. The second-order valence-corrected chi connectivity index (χ2v) is 6.30. The van der Waals surface area contributed by atoms with Gasteiger partial charge in [-0.3, -0.25) is 0 Å². The fourth-order valence-electron chi connectivity index (χ4n) is 2.73. The number of aliphatic hydroxyl groups excluding tert-OH is 1. The maximum absolute atomic E-state index is 9.44. The molecule has 0 aliphatic heterocycles. The van der Waals surface area contributed by atoms with Gasteiger partial charge in [-0.15, -0.1) is 0 Å². The van der Waals surface area contributed by atoms with Crippen molar-refractivity contribution in [1.82, 2.24) is 20.3 Å². The molecule has 1 aromatic heterocycles. The minimum absolute atomic E-state index is 0.387. The van der Waals surface area contributed by atoms with E-state index >= 15 is 0 Å². The summed E-state index contributed by atoms with van der Waals surface area (Å²) in [7, 11) is 0. The lowest BCUT2D eigenvalue weighted by atomic mass is 10.1. The van der Waals surface area contributed by atoms with Gasteiger partial charge in [-0.05, 0) is 25.0 Å². The smallest absolute Gasteiger partial charge is 0.117 e. The van der Waals surface area contributed by atoms with Crippen molar-refractivity contribution in [2.45, 2.75) is 33.0 Å². The predicted octanol–water partition coefficient (Wildman–Crippen LogP) is 2.77. The number of aryl methyl sites for hydroxylation is 1. The number of aromatic nitrogens is 3. The van der Waals surface area contributed by atoms with Gasteiger partial charge < -0.3 is 10.4 Å². The van der Waals surface area contributed by atoms with Crippen LogP contribution in [-0.2, 0) is 13.1 Å². The molecule has 0 saturated carbocycles. The molecule has 0 amide bonds. The third-order valence-corrected chi connectivity index (χ3v) is 4.08. The van der Waals surface area contributed by atoms with E-state index in [4.69, 9.17) is 5.10 Å². The van der Waals surface area contributed by atoms with Crippen molar-refractivity contribution in [2.24, 2.45) is 0 Å². The lowest BCUT2D eigenvalue weighted by Crippen LogP contribution is -2.24. The maximum Gasteiger partial charge on any atom is 0.117 e. The van der Waals surface area contributed by atoms with Crippen LogP contribution in [0.1, 0.15) is 23.7 Å². The topological polar surface area (TPSA) is 63.0 Å².